The molecule has 1 aromatic carbocycles. The summed E-state index contributed by atoms with van der Waals surface area (Å²) in [6.07, 6.45) is 1.75. The predicted octanol–water partition coefficient (Wildman–Crippen LogP) is 2.72. The molecule has 5 nitrogen and oxygen atoms in total. The van der Waals surface area contributed by atoms with Gasteiger partial charge in [0.2, 0.25) is 5.75 Å². The Morgan fingerprint density at radius 1 is 1.00 bits per heavy atom. The van der Waals surface area contributed by atoms with Gasteiger partial charge in [0, 0.05) is 12.7 Å². The summed E-state index contributed by atoms with van der Waals surface area (Å²) < 4.78 is 15.9. The number of benzene rings is 1. The van der Waals surface area contributed by atoms with E-state index >= 15 is 0 Å². The SMILES string of the molecule is COc1cc(CNc2ccccn2)cc(OC)c1OC. The van der Waals surface area contributed by atoms with Crippen LogP contribution in [0.5, 0.6) is 17.2 Å². The van der Waals surface area contributed by atoms with E-state index in [1.807, 2.05) is 30.3 Å². The molecule has 0 bridgehead atoms. The van der Waals surface area contributed by atoms with Gasteiger partial charge < -0.3 is 19.5 Å². The molecule has 20 heavy (non-hydrogen) atoms. The summed E-state index contributed by atoms with van der Waals surface area (Å²) in [7, 11) is 4.80. The van der Waals surface area contributed by atoms with Crippen LogP contribution in [0.25, 0.3) is 0 Å². The van der Waals surface area contributed by atoms with Crippen molar-refractivity contribution in [2.75, 3.05) is 26.6 Å². The third-order valence-corrected chi connectivity index (χ3v) is 2.86. The minimum absolute atomic E-state index is 0.594. The highest BCUT2D eigenvalue weighted by Crippen LogP contribution is 2.38. The number of anilines is 1. The second-order valence-electron chi connectivity index (χ2n) is 4.10. The topological polar surface area (TPSA) is 52.6 Å². The lowest BCUT2D eigenvalue weighted by Crippen LogP contribution is -2.03. The summed E-state index contributed by atoms with van der Waals surface area (Å²) in [5, 5.41) is 3.24. The van der Waals surface area contributed by atoms with E-state index in [1.54, 1.807) is 27.5 Å². The van der Waals surface area contributed by atoms with Gasteiger partial charge in [-0.1, -0.05) is 6.07 Å². The van der Waals surface area contributed by atoms with Crippen molar-refractivity contribution in [3.63, 3.8) is 0 Å². The predicted molar refractivity (Wildman–Crippen MR) is 77.7 cm³/mol. The average molecular weight is 274 g/mol. The minimum Gasteiger partial charge on any atom is -0.493 e. The molecule has 0 spiro atoms. The van der Waals surface area contributed by atoms with Crippen LogP contribution in [-0.2, 0) is 6.54 Å². The summed E-state index contributed by atoms with van der Waals surface area (Å²) in [5.41, 5.74) is 1.02. The van der Waals surface area contributed by atoms with E-state index in [2.05, 4.69) is 10.3 Å². The van der Waals surface area contributed by atoms with Gasteiger partial charge in [-0.3, -0.25) is 0 Å². The maximum atomic E-state index is 5.32. The van der Waals surface area contributed by atoms with Crippen molar-refractivity contribution < 1.29 is 14.2 Å². The van der Waals surface area contributed by atoms with Gasteiger partial charge in [0.25, 0.3) is 0 Å². The van der Waals surface area contributed by atoms with E-state index in [-0.39, 0.29) is 0 Å². The Kier molecular flexibility index (Phi) is 4.65. The van der Waals surface area contributed by atoms with E-state index in [4.69, 9.17) is 14.2 Å². The van der Waals surface area contributed by atoms with Crippen LogP contribution in [0.3, 0.4) is 0 Å². The van der Waals surface area contributed by atoms with Crippen molar-refractivity contribution in [3.05, 3.63) is 42.1 Å². The zero-order valence-corrected chi connectivity index (χ0v) is 11.8. The number of pyridine rings is 1. The van der Waals surface area contributed by atoms with Gasteiger partial charge in [-0.25, -0.2) is 4.98 Å². The molecule has 1 N–H and O–H groups in total. The fourth-order valence-electron chi connectivity index (χ4n) is 1.90. The quantitative estimate of drug-likeness (QED) is 0.877. The van der Waals surface area contributed by atoms with E-state index in [1.165, 1.54) is 0 Å². The van der Waals surface area contributed by atoms with Gasteiger partial charge in [-0.05, 0) is 29.8 Å². The van der Waals surface area contributed by atoms with E-state index in [9.17, 15) is 0 Å². The maximum absolute atomic E-state index is 5.32. The van der Waals surface area contributed by atoms with Gasteiger partial charge >= 0.3 is 0 Å². The molecule has 1 heterocycles. The lowest BCUT2D eigenvalue weighted by atomic mass is 10.1. The molecule has 0 saturated carbocycles. The molecule has 0 aliphatic heterocycles. The van der Waals surface area contributed by atoms with E-state index in [0.29, 0.717) is 23.8 Å². The van der Waals surface area contributed by atoms with Gasteiger partial charge in [0.15, 0.2) is 11.5 Å². The lowest BCUT2D eigenvalue weighted by Gasteiger charge is -2.14. The number of aromatic nitrogens is 1. The minimum atomic E-state index is 0.594. The van der Waals surface area contributed by atoms with Gasteiger partial charge in [-0.15, -0.1) is 0 Å². The van der Waals surface area contributed by atoms with Crippen LogP contribution < -0.4 is 19.5 Å². The van der Waals surface area contributed by atoms with Crippen molar-refractivity contribution in [2.45, 2.75) is 6.54 Å². The summed E-state index contributed by atoms with van der Waals surface area (Å²) in [5.74, 6) is 2.70. The fraction of sp³-hybridized carbons (Fsp3) is 0.267. The van der Waals surface area contributed by atoms with Crippen LogP contribution in [0.2, 0.25) is 0 Å². The number of hydrogen-bond donors (Lipinski definition) is 1. The van der Waals surface area contributed by atoms with Crippen LogP contribution in [0.15, 0.2) is 36.5 Å². The standard InChI is InChI=1S/C15H18N2O3/c1-18-12-8-11(9-13(19-2)15(12)20-3)10-17-14-6-4-5-7-16-14/h4-9H,10H2,1-3H3,(H,16,17). The Morgan fingerprint density at radius 2 is 1.70 bits per heavy atom. The molecule has 0 atom stereocenters. The molecule has 2 rings (SSSR count). The zero-order valence-electron chi connectivity index (χ0n) is 11.8. The third kappa shape index (κ3) is 3.12. The second kappa shape index (κ2) is 6.65. The molecule has 5 heteroatoms. The lowest BCUT2D eigenvalue weighted by molar-refractivity contribution is 0.324. The highest BCUT2D eigenvalue weighted by atomic mass is 16.5. The van der Waals surface area contributed by atoms with Gasteiger partial charge in [-0.2, -0.15) is 0 Å². The maximum Gasteiger partial charge on any atom is 0.203 e. The molecule has 1 aromatic heterocycles. The molecule has 106 valence electrons. The molecule has 2 aromatic rings. The molecule has 0 aliphatic carbocycles. The second-order valence-corrected chi connectivity index (χ2v) is 4.10. The first kappa shape index (κ1) is 14.0. The average Bonchev–Trinajstić information content (AvgIpc) is 2.52. The van der Waals surface area contributed by atoms with Crippen molar-refractivity contribution in [3.8, 4) is 17.2 Å². The molecule has 0 saturated heterocycles. The van der Waals surface area contributed by atoms with E-state index < -0.39 is 0 Å². The first-order valence-corrected chi connectivity index (χ1v) is 6.22. The smallest absolute Gasteiger partial charge is 0.203 e. The van der Waals surface area contributed by atoms with Crippen molar-refractivity contribution >= 4 is 5.82 Å². The monoisotopic (exact) mass is 274 g/mol. The van der Waals surface area contributed by atoms with E-state index in [0.717, 1.165) is 11.4 Å². The summed E-state index contributed by atoms with van der Waals surface area (Å²) >= 11 is 0. The van der Waals surface area contributed by atoms with Crippen LogP contribution in [0.4, 0.5) is 5.82 Å². The van der Waals surface area contributed by atoms with Crippen molar-refractivity contribution in [1.82, 2.24) is 4.98 Å². The Balaban J connectivity index is 2.19. The Labute approximate surface area is 118 Å². The number of methoxy groups -OCH3 is 3. The Morgan fingerprint density at radius 3 is 2.20 bits per heavy atom. The number of nitrogens with one attached hydrogen (secondary N) is 1. The molecular formula is C15H18N2O3. The summed E-state index contributed by atoms with van der Waals surface area (Å²) in [6.45, 7) is 0.619. The number of nitrogens with zero attached hydrogens (tertiary/aromatic N) is 1. The van der Waals surface area contributed by atoms with Crippen LogP contribution >= 0.6 is 0 Å². The summed E-state index contributed by atoms with van der Waals surface area (Å²) in [6, 6.07) is 9.56. The van der Waals surface area contributed by atoms with Crippen molar-refractivity contribution in [1.29, 1.82) is 0 Å². The van der Waals surface area contributed by atoms with Gasteiger partial charge in [0.05, 0.1) is 21.3 Å². The Bertz CT molecular complexity index is 533. The van der Waals surface area contributed by atoms with Gasteiger partial charge in [0.1, 0.15) is 5.82 Å². The highest BCUT2D eigenvalue weighted by molar-refractivity contribution is 5.54. The molecule has 0 fully saturated rings. The largest absolute Gasteiger partial charge is 0.493 e. The fourth-order valence-corrected chi connectivity index (χ4v) is 1.90. The molecule has 0 amide bonds. The highest BCUT2D eigenvalue weighted by Gasteiger charge is 2.12. The van der Waals surface area contributed by atoms with Crippen LogP contribution in [0, 0.1) is 0 Å². The third-order valence-electron chi connectivity index (χ3n) is 2.86. The molecular weight excluding hydrogens is 256 g/mol. The Hall–Kier alpha value is -2.43. The molecule has 0 aliphatic rings. The van der Waals surface area contributed by atoms with Crippen LogP contribution in [-0.4, -0.2) is 26.3 Å². The van der Waals surface area contributed by atoms with Crippen LogP contribution in [0.1, 0.15) is 5.56 Å². The number of rotatable bonds is 6. The first-order valence-electron chi connectivity index (χ1n) is 6.22. The summed E-state index contributed by atoms with van der Waals surface area (Å²) in [4.78, 5) is 4.21. The molecule has 0 radical (unpaired) electrons. The first-order chi connectivity index (χ1) is 9.78. The van der Waals surface area contributed by atoms with Crippen molar-refractivity contribution in [2.24, 2.45) is 0 Å². The molecule has 0 unspecified atom stereocenters. The normalized spacial score (nSPS) is 9.95. The number of ether oxygens (including phenoxy) is 3. The zero-order chi connectivity index (χ0) is 14.4. The number of hydrogen-bond acceptors (Lipinski definition) is 5.